The number of amides is 1. The highest BCUT2D eigenvalue weighted by Crippen LogP contribution is 2.32. The highest BCUT2D eigenvalue weighted by atomic mass is 35.5. The van der Waals surface area contributed by atoms with E-state index in [-0.39, 0.29) is 28.4 Å². The minimum absolute atomic E-state index is 0.111. The second-order valence-corrected chi connectivity index (χ2v) is 6.10. The Morgan fingerprint density at radius 3 is 2.54 bits per heavy atom. The largest absolute Gasteiger partial charge is 0.451 e. The van der Waals surface area contributed by atoms with Crippen LogP contribution < -0.4 is 5.32 Å². The standard InChI is InChI=1S/C19H15ClN2O4/c1-12(13-5-3-2-4-6-13)21-19(23)18-10-9-17(26-18)15-8-7-14(22(24)25)11-16(15)20/h2-12H,1H3,(H,21,23)/t12-/m0/s1. The number of rotatable bonds is 5. The Kier molecular flexibility index (Phi) is 5.04. The summed E-state index contributed by atoms with van der Waals surface area (Å²) in [7, 11) is 0. The molecular weight excluding hydrogens is 356 g/mol. The topological polar surface area (TPSA) is 85.4 Å². The fraction of sp³-hybridized carbons (Fsp3) is 0.105. The number of nitrogens with zero attached hydrogens (tertiary/aromatic N) is 1. The third kappa shape index (κ3) is 3.75. The Labute approximate surface area is 154 Å². The number of benzene rings is 2. The zero-order chi connectivity index (χ0) is 18.7. The fourth-order valence-electron chi connectivity index (χ4n) is 2.51. The monoisotopic (exact) mass is 370 g/mol. The molecule has 0 aliphatic rings. The summed E-state index contributed by atoms with van der Waals surface area (Å²) in [5.41, 5.74) is 1.35. The molecule has 0 saturated carbocycles. The molecule has 0 saturated heterocycles. The van der Waals surface area contributed by atoms with Crippen molar-refractivity contribution in [3.8, 4) is 11.3 Å². The SMILES string of the molecule is C[C@H](NC(=O)c1ccc(-c2ccc([N+](=O)[O-])cc2Cl)o1)c1ccccc1. The summed E-state index contributed by atoms with van der Waals surface area (Å²) in [6.07, 6.45) is 0. The molecule has 1 aromatic heterocycles. The Morgan fingerprint density at radius 1 is 1.15 bits per heavy atom. The molecule has 1 atom stereocenters. The summed E-state index contributed by atoms with van der Waals surface area (Å²) in [5, 5.41) is 13.8. The van der Waals surface area contributed by atoms with Crippen LogP contribution >= 0.6 is 11.6 Å². The van der Waals surface area contributed by atoms with E-state index in [9.17, 15) is 14.9 Å². The lowest BCUT2D eigenvalue weighted by Gasteiger charge is -2.13. The van der Waals surface area contributed by atoms with Gasteiger partial charge in [0.1, 0.15) is 5.76 Å². The van der Waals surface area contributed by atoms with Crippen LogP contribution in [0.25, 0.3) is 11.3 Å². The molecule has 0 radical (unpaired) electrons. The molecule has 7 heteroatoms. The van der Waals surface area contributed by atoms with Crippen LogP contribution in [0.15, 0.2) is 65.1 Å². The number of halogens is 1. The van der Waals surface area contributed by atoms with E-state index in [4.69, 9.17) is 16.0 Å². The van der Waals surface area contributed by atoms with Gasteiger partial charge >= 0.3 is 0 Å². The summed E-state index contributed by atoms with van der Waals surface area (Å²) in [6, 6.07) is 16.6. The molecule has 3 rings (SSSR count). The van der Waals surface area contributed by atoms with Crippen LogP contribution in [0.5, 0.6) is 0 Å². The van der Waals surface area contributed by atoms with Gasteiger partial charge in [-0.1, -0.05) is 41.9 Å². The predicted molar refractivity (Wildman–Crippen MR) is 98.1 cm³/mol. The van der Waals surface area contributed by atoms with Crippen molar-refractivity contribution in [2.45, 2.75) is 13.0 Å². The quantitative estimate of drug-likeness (QED) is 0.506. The molecule has 1 heterocycles. The summed E-state index contributed by atoms with van der Waals surface area (Å²) in [6.45, 7) is 1.88. The lowest BCUT2D eigenvalue weighted by atomic mass is 10.1. The maximum absolute atomic E-state index is 12.4. The molecular formula is C19H15ClN2O4. The molecule has 132 valence electrons. The molecule has 1 amide bonds. The Bertz CT molecular complexity index is 953. The second-order valence-electron chi connectivity index (χ2n) is 5.69. The van der Waals surface area contributed by atoms with E-state index in [1.54, 1.807) is 12.1 Å². The molecule has 1 N–H and O–H groups in total. The van der Waals surface area contributed by atoms with E-state index < -0.39 is 4.92 Å². The summed E-state index contributed by atoms with van der Waals surface area (Å²) in [4.78, 5) is 22.6. The van der Waals surface area contributed by atoms with Crippen LogP contribution in [-0.4, -0.2) is 10.8 Å². The molecule has 26 heavy (non-hydrogen) atoms. The smallest absolute Gasteiger partial charge is 0.287 e. The Morgan fingerprint density at radius 2 is 1.88 bits per heavy atom. The van der Waals surface area contributed by atoms with Gasteiger partial charge < -0.3 is 9.73 Å². The van der Waals surface area contributed by atoms with E-state index in [2.05, 4.69) is 5.32 Å². The third-order valence-corrected chi connectivity index (χ3v) is 4.22. The van der Waals surface area contributed by atoms with Crippen LogP contribution in [0.3, 0.4) is 0 Å². The van der Waals surface area contributed by atoms with Crippen molar-refractivity contribution in [2.24, 2.45) is 0 Å². The van der Waals surface area contributed by atoms with Gasteiger partial charge in [0.15, 0.2) is 5.76 Å². The van der Waals surface area contributed by atoms with Gasteiger partial charge in [-0.05, 0) is 30.7 Å². The van der Waals surface area contributed by atoms with E-state index in [0.717, 1.165) is 5.56 Å². The van der Waals surface area contributed by atoms with Crippen molar-refractivity contribution in [3.63, 3.8) is 0 Å². The van der Waals surface area contributed by atoms with Gasteiger partial charge in [0.25, 0.3) is 11.6 Å². The average molecular weight is 371 g/mol. The first-order valence-corrected chi connectivity index (χ1v) is 8.23. The van der Waals surface area contributed by atoms with Gasteiger partial charge in [0.05, 0.1) is 16.0 Å². The summed E-state index contributed by atoms with van der Waals surface area (Å²) >= 11 is 6.10. The number of carbonyl (C=O) groups is 1. The lowest BCUT2D eigenvalue weighted by molar-refractivity contribution is -0.384. The number of carbonyl (C=O) groups excluding carboxylic acids is 1. The van der Waals surface area contributed by atoms with E-state index in [0.29, 0.717) is 11.3 Å². The van der Waals surface area contributed by atoms with Crippen molar-refractivity contribution >= 4 is 23.2 Å². The van der Waals surface area contributed by atoms with Crippen LogP contribution in [0, 0.1) is 10.1 Å². The van der Waals surface area contributed by atoms with Crippen molar-refractivity contribution in [1.82, 2.24) is 5.32 Å². The number of nitro groups is 1. The van der Waals surface area contributed by atoms with Gasteiger partial charge in [-0.25, -0.2) is 0 Å². The van der Waals surface area contributed by atoms with Crippen molar-refractivity contribution in [2.75, 3.05) is 0 Å². The first-order chi connectivity index (χ1) is 12.5. The van der Waals surface area contributed by atoms with E-state index in [1.807, 2.05) is 37.3 Å². The molecule has 0 fully saturated rings. The van der Waals surface area contributed by atoms with E-state index in [1.165, 1.54) is 18.2 Å². The van der Waals surface area contributed by atoms with Crippen LogP contribution in [-0.2, 0) is 0 Å². The van der Waals surface area contributed by atoms with Gasteiger partial charge in [0, 0.05) is 17.7 Å². The fourth-order valence-corrected chi connectivity index (χ4v) is 2.78. The number of nitrogens with one attached hydrogen (secondary N) is 1. The first kappa shape index (κ1) is 17.7. The molecule has 0 aliphatic carbocycles. The number of hydrogen-bond acceptors (Lipinski definition) is 4. The van der Waals surface area contributed by atoms with Gasteiger partial charge in [-0.3, -0.25) is 14.9 Å². The van der Waals surface area contributed by atoms with Crippen molar-refractivity contribution in [1.29, 1.82) is 0 Å². The lowest BCUT2D eigenvalue weighted by Crippen LogP contribution is -2.26. The Hall–Kier alpha value is -3.12. The van der Waals surface area contributed by atoms with Crippen LogP contribution in [0.2, 0.25) is 5.02 Å². The molecule has 6 nitrogen and oxygen atoms in total. The molecule has 2 aromatic carbocycles. The van der Waals surface area contributed by atoms with Crippen molar-refractivity contribution in [3.05, 3.63) is 87.1 Å². The van der Waals surface area contributed by atoms with E-state index >= 15 is 0 Å². The molecule has 0 bridgehead atoms. The second kappa shape index (κ2) is 7.41. The minimum atomic E-state index is -0.526. The molecule has 3 aromatic rings. The molecule has 0 aliphatic heterocycles. The van der Waals surface area contributed by atoms with Gasteiger partial charge in [0.2, 0.25) is 0 Å². The van der Waals surface area contributed by atoms with Crippen LogP contribution in [0.4, 0.5) is 5.69 Å². The highest BCUT2D eigenvalue weighted by Gasteiger charge is 2.18. The van der Waals surface area contributed by atoms with Crippen LogP contribution in [0.1, 0.15) is 29.1 Å². The summed E-state index contributed by atoms with van der Waals surface area (Å²) < 4.78 is 5.58. The maximum Gasteiger partial charge on any atom is 0.287 e. The number of non-ortho nitro benzene ring substituents is 1. The zero-order valence-corrected chi connectivity index (χ0v) is 14.6. The zero-order valence-electron chi connectivity index (χ0n) is 13.8. The number of nitro benzene ring substituents is 1. The third-order valence-electron chi connectivity index (χ3n) is 3.91. The first-order valence-electron chi connectivity index (χ1n) is 7.85. The summed E-state index contributed by atoms with van der Waals surface area (Å²) in [5.74, 6) is 0.144. The highest BCUT2D eigenvalue weighted by molar-refractivity contribution is 6.33. The number of hydrogen-bond donors (Lipinski definition) is 1. The maximum atomic E-state index is 12.4. The molecule has 0 unspecified atom stereocenters. The minimum Gasteiger partial charge on any atom is -0.451 e. The predicted octanol–water partition coefficient (Wildman–Crippen LogP) is 5.00. The Balaban J connectivity index is 1.77. The normalized spacial score (nSPS) is 11.8. The van der Waals surface area contributed by atoms with Crippen molar-refractivity contribution < 1.29 is 14.1 Å². The van der Waals surface area contributed by atoms with Gasteiger partial charge in [-0.2, -0.15) is 0 Å². The average Bonchev–Trinajstić information content (AvgIpc) is 3.12. The van der Waals surface area contributed by atoms with Gasteiger partial charge in [-0.15, -0.1) is 0 Å². The molecule has 0 spiro atoms. The number of furan rings is 1.